The van der Waals surface area contributed by atoms with Crippen molar-refractivity contribution in [3.8, 4) is 11.5 Å². The lowest BCUT2D eigenvalue weighted by Crippen LogP contribution is -2.24. The third-order valence-corrected chi connectivity index (χ3v) is 3.77. The Hall–Kier alpha value is -2.81. The first-order valence-electron chi connectivity index (χ1n) is 7.14. The molecule has 0 saturated carbocycles. The Morgan fingerprint density at radius 2 is 2.12 bits per heavy atom. The fourth-order valence-corrected chi connectivity index (χ4v) is 2.48. The Morgan fingerprint density at radius 1 is 1.21 bits per heavy atom. The molecular formula is C15H14N6O2S. The molecule has 0 aliphatic rings. The fourth-order valence-electron chi connectivity index (χ4n) is 1.78. The van der Waals surface area contributed by atoms with Crippen molar-refractivity contribution in [2.45, 2.75) is 18.6 Å². The second-order valence-electron chi connectivity index (χ2n) is 4.77. The minimum atomic E-state index is -0.164. The van der Waals surface area contributed by atoms with E-state index in [1.165, 1.54) is 11.8 Å². The maximum absolute atomic E-state index is 11.9. The van der Waals surface area contributed by atoms with Crippen LogP contribution >= 0.6 is 11.8 Å². The van der Waals surface area contributed by atoms with Crippen molar-refractivity contribution in [2.24, 2.45) is 0 Å². The van der Waals surface area contributed by atoms with Gasteiger partial charge in [-0.05, 0) is 25.1 Å². The van der Waals surface area contributed by atoms with Gasteiger partial charge in [0.15, 0.2) is 5.16 Å². The van der Waals surface area contributed by atoms with Gasteiger partial charge < -0.3 is 9.84 Å². The molecule has 9 heteroatoms. The monoisotopic (exact) mass is 342 g/mol. The van der Waals surface area contributed by atoms with E-state index in [0.717, 1.165) is 5.69 Å². The fraction of sp³-hybridized carbons (Fsp3) is 0.200. The molecule has 0 bridgehead atoms. The topological polar surface area (TPSA) is 107 Å². The smallest absolute Gasteiger partial charge is 0.246 e. The van der Waals surface area contributed by atoms with Crippen molar-refractivity contribution in [2.75, 3.05) is 5.75 Å². The van der Waals surface area contributed by atoms with Gasteiger partial charge in [-0.25, -0.2) is 9.97 Å². The molecule has 122 valence electrons. The van der Waals surface area contributed by atoms with Gasteiger partial charge in [0.2, 0.25) is 17.6 Å². The Morgan fingerprint density at radius 3 is 2.92 bits per heavy atom. The van der Waals surface area contributed by atoms with E-state index in [1.807, 2.05) is 13.0 Å². The largest absolute Gasteiger partial charge is 0.346 e. The van der Waals surface area contributed by atoms with E-state index >= 15 is 0 Å². The van der Waals surface area contributed by atoms with E-state index in [-0.39, 0.29) is 18.2 Å². The molecule has 0 atom stereocenters. The summed E-state index contributed by atoms with van der Waals surface area (Å²) in [6.07, 6.45) is 3.32. The SMILES string of the molecule is Cc1ccnc(SCC(=O)NCc2nc(-c3ccccn3)no2)n1. The van der Waals surface area contributed by atoms with Crippen LogP contribution in [0.2, 0.25) is 0 Å². The Labute approximate surface area is 142 Å². The summed E-state index contributed by atoms with van der Waals surface area (Å²) in [6.45, 7) is 2.04. The predicted octanol–water partition coefficient (Wildman–Crippen LogP) is 1.64. The van der Waals surface area contributed by atoms with Gasteiger partial charge >= 0.3 is 0 Å². The van der Waals surface area contributed by atoms with Crippen LogP contribution in [0, 0.1) is 6.92 Å². The molecule has 0 aliphatic heterocycles. The molecule has 3 heterocycles. The highest BCUT2D eigenvalue weighted by molar-refractivity contribution is 7.99. The van der Waals surface area contributed by atoms with Crippen LogP contribution in [0.4, 0.5) is 0 Å². The summed E-state index contributed by atoms with van der Waals surface area (Å²) in [6, 6.07) is 7.23. The van der Waals surface area contributed by atoms with Gasteiger partial charge in [0, 0.05) is 18.1 Å². The predicted molar refractivity (Wildman–Crippen MR) is 86.9 cm³/mol. The Balaban J connectivity index is 1.49. The molecule has 0 fully saturated rings. The highest BCUT2D eigenvalue weighted by Gasteiger charge is 2.11. The first kappa shape index (κ1) is 16.1. The van der Waals surface area contributed by atoms with E-state index in [2.05, 4.69) is 30.4 Å². The summed E-state index contributed by atoms with van der Waals surface area (Å²) in [5.41, 5.74) is 1.48. The second kappa shape index (κ2) is 7.64. The first-order chi connectivity index (χ1) is 11.7. The van der Waals surface area contributed by atoms with Crippen molar-refractivity contribution in [1.29, 1.82) is 0 Å². The summed E-state index contributed by atoms with van der Waals surface area (Å²) >= 11 is 1.27. The van der Waals surface area contributed by atoms with Crippen molar-refractivity contribution >= 4 is 17.7 Å². The van der Waals surface area contributed by atoms with Crippen LogP contribution in [0.5, 0.6) is 0 Å². The number of rotatable bonds is 6. The van der Waals surface area contributed by atoms with Crippen LogP contribution in [0.25, 0.3) is 11.5 Å². The van der Waals surface area contributed by atoms with Gasteiger partial charge in [-0.15, -0.1) is 0 Å². The second-order valence-corrected chi connectivity index (χ2v) is 5.72. The number of carbonyl (C=O) groups excluding carboxylic acids is 1. The Bertz CT molecular complexity index is 824. The highest BCUT2D eigenvalue weighted by atomic mass is 32.2. The van der Waals surface area contributed by atoms with E-state index in [1.54, 1.807) is 30.6 Å². The van der Waals surface area contributed by atoms with Crippen LogP contribution in [0.15, 0.2) is 46.3 Å². The number of nitrogens with zero attached hydrogens (tertiary/aromatic N) is 5. The quantitative estimate of drug-likeness (QED) is 0.532. The van der Waals surface area contributed by atoms with Crippen LogP contribution in [-0.2, 0) is 11.3 Å². The summed E-state index contributed by atoms with van der Waals surface area (Å²) in [5.74, 6) is 0.760. The Kier molecular flexibility index (Phi) is 5.12. The molecule has 0 unspecified atom stereocenters. The van der Waals surface area contributed by atoms with E-state index in [0.29, 0.717) is 22.6 Å². The zero-order chi connectivity index (χ0) is 16.8. The average molecular weight is 342 g/mol. The van der Waals surface area contributed by atoms with Crippen molar-refractivity contribution in [3.63, 3.8) is 0 Å². The van der Waals surface area contributed by atoms with Crippen molar-refractivity contribution < 1.29 is 9.32 Å². The molecule has 0 spiro atoms. The molecular weight excluding hydrogens is 328 g/mol. The van der Waals surface area contributed by atoms with Gasteiger partial charge in [-0.1, -0.05) is 23.0 Å². The summed E-state index contributed by atoms with van der Waals surface area (Å²) in [4.78, 5) is 28.5. The molecule has 0 saturated heterocycles. The molecule has 8 nitrogen and oxygen atoms in total. The summed E-state index contributed by atoms with van der Waals surface area (Å²) in [7, 11) is 0. The molecule has 3 rings (SSSR count). The lowest BCUT2D eigenvalue weighted by atomic mass is 10.3. The van der Waals surface area contributed by atoms with Gasteiger partial charge in [-0.2, -0.15) is 4.98 Å². The first-order valence-corrected chi connectivity index (χ1v) is 8.12. The lowest BCUT2D eigenvalue weighted by Gasteiger charge is -2.02. The zero-order valence-corrected chi connectivity index (χ0v) is 13.7. The average Bonchev–Trinajstić information content (AvgIpc) is 3.08. The molecule has 3 aromatic heterocycles. The number of nitrogens with one attached hydrogen (secondary N) is 1. The zero-order valence-electron chi connectivity index (χ0n) is 12.8. The maximum atomic E-state index is 11.9. The third kappa shape index (κ3) is 4.35. The number of amides is 1. The van der Waals surface area contributed by atoms with Crippen molar-refractivity contribution in [3.05, 3.63) is 48.2 Å². The standard InChI is InChI=1S/C15H14N6O2S/c1-10-5-7-17-15(19-10)24-9-12(22)18-8-13-20-14(21-23-13)11-4-2-3-6-16-11/h2-7H,8-9H2,1H3,(H,18,22). The van der Waals surface area contributed by atoms with Gasteiger partial charge in [0.1, 0.15) is 5.69 Å². The molecule has 3 aromatic rings. The number of hydrogen-bond donors (Lipinski definition) is 1. The third-order valence-electron chi connectivity index (χ3n) is 2.90. The minimum absolute atomic E-state index is 0.161. The van der Waals surface area contributed by atoms with Crippen LogP contribution in [0.3, 0.4) is 0 Å². The number of pyridine rings is 1. The van der Waals surface area contributed by atoms with E-state index in [4.69, 9.17) is 4.52 Å². The minimum Gasteiger partial charge on any atom is -0.346 e. The number of carbonyl (C=O) groups is 1. The van der Waals surface area contributed by atoms with Gasteiger partial charge in [0.05, 0.1) is 12.3 Å². The molecule has 1 N–H and O–H groups in total. The van der Waals surface area contributed by atoms with Gasteiger partial charge in [-0.3, -0.25) is 9.78 Å². The highest BCUT2D eigenvalue weighted by Crippen LogP contribution is 2.13. The lowest BCUT2D eigenvalue weighted by molar-refractivity contribution is -0.118. The maximum Gasteiger partial charge on any atom is 0.246 e. The normalized spacial score (nSPS) is 10.5. The van der Waals surface area contributed by atoms with E-state index < -0.39 is 0 Å². The van der Waals surface area contributed by atoms with Crippen LogP contribution < -0.4 is 5.32 Å². The molecule has 0 aromatic carbocycles. The van der Waals surface area contributed by atoms with Crippen molar-refractivity contribution in [1.82, 2.24) is 30.4 Å². The number of aryl methyl sites for hydroxylation is 1. The molecule has 0 radical (unpaired) electrons. The summed E-state index contributed by atoms with van der Waals surface area (Å²) < 4.78 is 5.10. The van der Waals surface area contributed by atoms with E-state index in [9.17, 15) is 4.79 Å². The number of hydrogen-bond acceptors (Lipinski definition) is 8. The molecule has 1 amide bonds. The number of thioether (sulfide) groups is 1. The van der Waals surface area contributed by atoms with Gasteiger partial charge in [0.25, 0.3) is 0 Å². The molecule has 0 aliphatic carbocycles. The summed E-state index contributed by atoms with van der Waals surface area (Å²) in [5, 5.41) is 7.13. The van der Waals surface area contributed by atoms with Crippen LogP contribution in [-0.4, -0.2) is 36.8 Å². The molecule has 24 heavy (non-hydrogen) atoms. The van der Waals surface area contributed by atoms with Crippen LogP contribution in [0.1, 0.15) is 11.6 Å². The number of aromatic nitrogens is 5.